The van der Waals surface area contributed by atoms with E-state index in [2.05, 4.69) is 0 Å². The highest BCUT2D eigenvalue weighted by atomic mass is 35.5. The minimum absolute atomic E-state index is 0.0712. The van der Waals surface area contributed by atoms with Gasteiger partial charge in [0.2, 0.25) is 0 Å². The molecule has 0 saturated carbocycles. The Morgan fingerprint density at radius 2 is 2.18 bits per heavy atom. The highest BCUT2D eigenvalue weighted by Crippen LogP contribution is 2.13. The van der Waals surface area contributed by atoms with Gasteiger partial charge in [0.15, 0.2) is 0 Å². The molecule has 1 unspecified atom stereocenters. The monoisotopic (exact) mass is 253 g/mol. The zero-order valence-electron chi connectivity index (χ0n) is 9.86. The molecule has 1 aliphatic heterocycles. The molecule has 1 heterocycles. The van der Waals surface area contributed by atoms with Crippen molar-refractivity contribution >= 4 is 17.5 Å². The van der Waals surface area contributed by atoms with Crippen LogP contribution in [0.3, 0.4) is 0 Å². The molecule has 3 nitrogen and oxygen atoms in total. The van der Waals surface area contributed by atoms with Gasteiger partial charge in [-0.3, -0.25) is 4.79 Å². The van der Waals surface area contributed by atoms with Crippen LogP contribution >= 0.6 is 11.6 Å². The summed E-state index contributed by atoms with van der Waals surface area (Å²) in [6.07, 6.45) is 0. The van der Waals surface area contributed by atoms with Crippen LogP contribution in [0.1, 0.15) is 22.8 Å². The van der Waals surface area contributed by atoms with Gasteiger partial charge >= 0.3 is 0 Å². The molecule has 0 radical (unpaired) electrons. The van der Waals surface area contributed by atoms with Crippen LogP contribution in [0.25, 0.3) is 0 Å². The second kappa shape index (κ2) is 5.52. The fraction of sp³-hybridized carbons (Fsp3) is 0.462. The molecule has 0 spiro atoms. The van der Waals surface area contributed by atoms with E-state index in [0.717, 1.165) is 5.56 Å². The number of hydrogen-bond acceptors (Lipinski definition) is 2. The third-order valence-electron chi connectivity index (χ3n) is 2.98. The minimum atomic E-state index is 0.0712. The molecular weight excluding hydrogens is 238 g/mol. The van der Waals surface area contributed by atoms with E-state index >= 15 is 0 Å². The van der Waals surface area contributed by atoms with Crippen molar-refractivity contribution in [2.45, 2.75) is 18.8 Å². The van der Waals surface area contributed by atoms with E-state index in [0.29, 0.717) is 31.2 Å². The van der Waals surface area contributed by atoms with Crippen molar-refractivity contribution in [3.8, 4) is 0 Å². The SMILES string of the molecule is CC1COCCN1C(=O)c1ccc(CCl)cc1. The van der Waals surface area contributed by atoms with Crippen molar-refractivity contribution in [1.82, 2.24) is 4.90 Å². The van der Waals surface area contributed by atoms with Crippen LogP contribution < -0.4 is 0 Å². The molecule has 4 heteroatoms. The maximum absolute atomic E-state index is 12.2. The molecule has 1 fully saturated rings. The maximum Gasteiger partial charge on any atom is 0.254 e. The van der Waals surface area contributed by atoms with Crippen LogP contribution in [0, 0.1) is 0 Å². The standard InChI is InChI=1S/C13H16ClNO2/c1-10-9-17-7-6-15(10)13(16)12-4-2-11(8-14)3-5-12/h2-5,10H,6-9H2,1H3. The van der Waals surface area contributed by atoms with Crippen molar-refractivity contribution in [3.05, 3.63) is 35.4 Å². The summed E-state index contributed by atoms with van der Waals surface area (Å²) in [5.41, 5.74) is 1.74. The van der Waals surface area contributed by atoms with E-state index in [1.54, 1.807) is 0 Å². The molecule has 92 valence electrons. The molecule has 2 rings (SSSR count). The van der Waals surface area contributed by atoms with Gasteiger partial charge in [0.1, 0.15) is 0 Å². The summed E-state index contributed by atoms with van der Waals surface area (Å²) in [4.78, 5) is 14.1. The third kappa shape index (κ3) is 2.79. The first-order chi connectivity index (χ1) is 8.22. The molecule has 0 aromatic heterocycles. The lowest BCUT2D eigenvalue weighted by Gasteiger charge is -2.33. The topological polar surface area (TPSA) is 29.5 Å². The fourth-order valence-electron chi connectivity index (χ4n) is 1.93. The molecule has 17 heavy (non-hydrogen) atoms. The summed E-state index contributed by atoms with van der Waals surface area (Å²) in [5.74, 6) is 0.546. The average molecular weight is 254 g/mol. The van der Waals surface area contributed by atoms with Crippen LogP contribution in [0.4, 0.5) is 0 Å². The lowest BCUT2D eigenvalue weighted by Crippen LogP contribution is -2.47. The highest BCUT2D eigenvalue weighted by molar-refractivity contribution is 6.17. The Morgan fingerprint density at radius 3 is 2.76 bits per heavy atom. The number of amides is 1. The van der Waals surface area contributed by atoms with Gasteiger partial charge in [0, 0.05) is 18.0 Å². The summed E-state index contributed by atoms with van der Waals surface area (Å²) in [5, 5.41) is 0. The Labute approximate surface area is 106 Å². The number of ether oxygens (including phenoxy) is 1. The number of nitrogens with zero attached hydrogens (tertiary/aromatic N) is 1. The molecule has 1 amide bonds. The average Bonchev–Trinajstić information content (AvgIpc) is 2.39. The van der Waals surface area contributed by atoms with Gasteiger partial charge < -0.3 is 9.64 Å². The molecule has 1 aromatic carbocycles. The number of hydrogen-bond donors (Lipinski definition) is 0. The Bertz CT molecular complexity index is 391. The Hall–Kier alpha value is -1.06. The van der Waals surface area contributed by atoms with Crippen molar-refractivity contribution in [1.29, 1.82) is 0 Å². The lowest BCUT2D eigenvalue weighted by atomic mass is 10.1. The largest absolute Gasteiger partial charge is 0.377 e. The predicted molar refractivity (Wildman–Crippen MR) is 67.3 cm³/mol. The van der Waals surface area contributed by atoms with E-state index < -0.39 is 0 Å². The number of carbonyl (C=O) groups is 1. The van der Waals surface area contributed by atoms with E-state index in [1.165, 1.54) is 0 Å². The quantitative estimate of drug-likeness (QED) is 0.757. The van der Waals surface area contributed by atoms with E-state index in [4.69, 9.17) is 16.3 Å². The number of rotatable bonds is 2. The summed E-state index contributed by atoms with van der Waals surface area (Å²) < 4.78 is 5.32. The van der Waals surface area contributed by atoms with Gasteiger partial charge in [0.05, 0.1) is 19.3 Å². The Balaban J connectivity index is 2.12. The molecule has 1 aromatic rings. The number of carbonyl (C=O) groups excluding carboxylic acids is 1. The lowest BCUT2D eigenvalue weighted by molar-refractivity contribution is 0.00359. The smallest absolute Gasteiger partial charge is 0.254 e. The van der Waals surface area contributed by atoms with E-state index in [-0.39, 0.29) is 11.9 Å². The second-order valence-corrected chi connectivity index (χ2v) is 4.52. The summed E-state index contributed by atoms with van der Waals surface area (Å²) in [6.45, 7) is 3.91. The third-order valence-corrected chi connectivity index (χ3v) is 3.29. The van der Waals surface area contributed by atoms with Crippen LogP contribution in [0.5, 0.6) is 0 Å². The molecule has 1 atom stereocenters. The predicted octanol–water partition coefficient (Wildman–Crippen LogP) is 2.29. The minimum Gasteiger partial charge on any atom is -0.377 e. The van der Waals surface area contributed by atoms with Gasteiger partial charge in [-0.25, -0.2) is 0 Å². The molecule has 1 saturated heterocycles. The van der Waals surface area contributed by atoms with E-state index in [9.17, 15) is 4.79 Å². The molecule has 0 bridgehead atoms. The van der Waals surface area contributed by atoms with Gasteiger partial charge in [-0.2, -0.15) is 0 Å². The zero-order chi connectivity index (χ0) is 12.3. The summed E-state index contributed by atoms with van der Waals surface area (Å²) in [7, 11) is 0. The normalized spacial score (nSPS) is 20.4. The van der Waals surface area contributed by atoms with Crippen LogP contribution in [-0.4, -0.2) is 36.6 Å². The van der Waals surface area contributed by atoms with E-state index in [1.807, 2.05) is 36.1 Å². The molecule has 0 aliphatic carbocycles. The number of morpholine rings is 1. The van der Waals surface area contributed by atoms with Crippen molar-refractivity contribution < 1.29 is 9.53 Å². The van der Waals surface area contributed by atoms with Crippen LogP contribution in [-0.2, 0) is 10.6 Å². The molecule has 0 N–H and O–H groups in total. The van der Waals surface area contributed by atoms with Crippen molar-refractivity contribution in [2.75, 3.05) is 19.8 Å². The second-order valence-electron chi connectivity index (χ2n) is 4.25. The Morgan fingerprint density at radius 1 is 1.47 bits per heavy atom. The first kappa shape index (κ1) is 12.4. The maximum atomic E-state index is 12.2. The number of alkyl halides is 1. The molecule has 1 aliphatic rings. The van der Waals surface area contributed by atoms with Crippen molar-refractivity contribution in [3.63, 3.8) is 0 Å². The zero-order valence-corrected chi connectivity index (χ0v) is 10.6. The number of benzene rings is 1. The van der Waals surface area contributed by atoms with Gasteiger partial charge in [-0.15, -0.1) is 11.6 Å². The first-order valence-electron chi connectivity index (χ1n) is 5.76. The molecular formula is C13H16ClNO2. The van der Waals surface area contributed by atoms with Gasteiger partial charge in [0.25, 0.3) is 5.91 Å². The summed E-state index contributed by atoms with van der Waals surface area (Å²) >= 11 is 5.72. The Kier molecular flexibility index (Phi) is 4.02. The fourth-order valence-corrected chi connectivity index (χ4v) is 2.11. The number of halogens is 1. The van der Waals surface area contributed by atoms with Crippen molar-refractivity contribution in [2.24, 2.45) is 0 Å². The summed E-state index contributed by atoms with van der Waals surface area (Å²) in [6, 6.07) is 7.60. The van der Waals surface area contributed by atoms with Crippen LogP contribution in [0.2, 0.25) is 0 Å². The van der Waals surface area contributed by atoms with Gasteiger partial charge in [-0.05, 0) is 24.6 Å². The van der Waals surface area contributed by atoms with Gasteiger partial charge in [-0.1, -0.05) is 12.1 Å². The first-order valence-corrected chi connectivity index (χ1v) is 6.29. The van der Waals surface area contributed by atoms with Crippen LogP contribution in [0.15, 0.2) is 24.3 Å². The highest BCUT2D eigenvalue weighted by Gasteiger charge is 2.24.